The largest absolute Gasteiger partial charge is 0.376 e. The van der Waals surface area contributed by atoms with E-state index in [1.807, 2.05) is 11.7 Å². The van der Waals surface area contributed by atoms with Gasteiger partial charge in [-0.25, -0.2) is 0 Å². The van der Waals surface area contributed by atoms with Gasteiger partial charge in [0, 0.05) is 12.8 Å². The fourth-order valence-corrected chi connectivity index (χ4v) is 2.66. The number of nitrogens with zero attached hydrogens (tertiary/aromatic N) is 1. The maximum absolute atomic E-state index is 5.62. The highest BCUT2D eigenvalue weighted by Gasteiger charge is 2.11. The molecule has 4 heteroatoms. The molecule has 0 saturated carbocycles. The lowest BCUT2D eigenvalue weighted by atomic mass is 9.93. The van der Waals surface area contributed by atoms with Gasteiger partial charge in [0.05, 0.1) is 17.0 Å². The van der Waals surface area contributed by atoms with Crippen molar-refractivity contribution in [3.63, 3.8) is 0 Å². The summed E-state index contributed by atoms with van der Waals surface area (Å²) in [5, 5.41) is 3.40. The minimum Gasteiger partial charge on any atom is -0.376 e. The Morgan fingerprint density at radius 1 is 1.44 bits per heavy atom. The van der Waals surface area contributed by atoms with Gasteiger partial charge < -0.3 is 10.1 Å². The summed E-state index contributed by atoms with van der Waals surface area (Å²) in [6.45, 7) is 4.03. The summed E-state index contributed by atoms with van der Waals surface area (Å²) in [5.41, 5.74) is 1.85. The molecule has 0 aliphatic carbocycles. The SMILES string of the molecule is c1ncc(COCCCC2CCNCC2)s1. The van der Waals surface area contributed by atoms with Gasteiger partial charge >= 0.3 is 0 Å². The summed E-state index contributed by atoms with van der Waals surface area (Å²) in [4.78, 5) is 5.25. The van der Waals surface area contributed by atoms with Gasteiger partial charge in [-0.1, -0.05) is 0 Å². The normalized spacial score (nSPS) is 17.8. The maximum atomic E-state index is 5.62. The van der Waals surface area contributed by atoms with Crippen molar-refractivity contribution < 1.29 is 4.74 Å². The van der Waals surface area contributed by atoms with Crippen molar-refractivity contribution >= 4 is 11.3 Å². The third kappa shape index (κ3) is 4.20. The highest BCUT2D eigenvalue weighted by Crippen LogP contribution is 2.17. The summed E-state index contributed by atoms with van der Waals surface area (Å²) in [6.07, 6.45) is 7.09. The topological polar surface area (TPSA) is 34.1 Å². The van der Waals surface area contributed by atoms with Crippen LogP contribution in [0.4, 0.5) is 0 Å². The van der Waals surface area contributed by atoms with Crippen molar-refractivity contribution in [3.8, 4) is 0 Å². The van der Waals surface area contributed by atoms with E-state index in [4.69, 9.17) is 4.74 Å². The van der Waals surface area contributed by atoms with Crippen LogP contribution < -0.4 is 5.32 Å². The Morgan fingerprint density at radius 2 is 2.31 bits per heavy atom. The van der Waals surface area contributed by atoms with Crippen LogP contribution in [0, 0.1) is 5.92 Å². The van der Waals surface area contributed by atoms with Crippen LogP contribution in [0.25, 0.3) is 0 Å². The van der Waals surface area contributed by atoms with E-state index < -0.39 is 0 Å². The number of nitrogens with one attached hydrogen (secondary N) is 1. The number of rotatable bonds is 6. The van der Waals surface area contributed by atoms with Crippen LogP contribution in [-0.2, 0) is 11.3 Å². The molecule has 0 aromatic carbocycles. The first-order valence-electron chi connectivity index (χ1n) is 6.11. The maximum Gasteiger partial charge on any atom is 0.0825 e. The lowest BCUT2D eigenvalue weighted by Gasteiger charge is -2.22. The van der Waals surface area contributed by atoms with Crippen LogP contribution in [0.5, 0.6) is 0 Å². The monoisotopic (exact) mass is 240 g/mol. The van der Waals surface area contributed by atoms with E-state index in [1.54, 1.807) is 11.3 Å². The first-order valence-corrected chi connectivity index (χ1v) is 6.99. The van der Waals surface area contributed by atoms with Gasteiger partial charge in [0.1, 0.15) is 0 Å². The average Bonchev–Trinajstić information content (AvgIpc) is 2.83. The molecular weight excluding hydrogens is 220 g/mol. The van der Waals surface area contributed by atoms with Crippen molar-refractivity contribution in [2.75, 3.05) is 19.7 Å². The molecule has 0 bridgehead atoms. The molecular formula is C12H20N2OS. The Morgan fingerprint density at radius 3 is 3.06 bits per heavy atom. The molecule has 0 atom stereocenters. The fraction of sp³-hybridized carbons (Fsp3) is 0.750. The van der Waals surface area contributed by atoms with E-state index in [0.717, 1.165) is 19.1 Å². The predicted octanol–water partition coefficient (Wildman–Crippen LogP) is 2.44. The van der Waals surface area contributed by atoms with Crippen LogP contribution in [0.15, 0.2) is 11.7 Å². The molecule has 0 amide bonds. The first-order chi connectivity index (χ1) is 7.95. The minimum absolute atomic E-state index is 0.733. The molecule has 90 valence electrons. The van der Waals surface area contributed by atoms with Crippen LogP contribution >= 0.6 is 11.3 Å². The van der Waals surface area contributed by atoms with Gasteiger partial charge in [0.15, 0.2) is 0 Å². The van der Waals surface area contributed by atoms with E-state index in [2.05, 4.69) is 10.3 Å². The highest BCUT2D eigenvalue weighted by molar-refractivity contribution is 7.09. The molecule has 0 unspecified atom stereocenters. The Balaban J connectivity index is 1.48. The van der Waals surface area contributed by atoms with E-state index in [9.17, 15) is 0 Å². The Hall–Kier alpha value is -0.450. The number of ether oxygens (including phenoxy) is 1. The second-order valence-electron chi connectivity index (χ2n) is 4.36. The quantitative estimate of drug-likeness (QED) is 0.776. The molecule has 2 rings (SSSR count). The molecule has 16 heavy (non-hydrogen) atoms. The van der Waals surface area contributed by atoms with Crippen molar-refractivity contribution in [3.05, 3.63) is 16.6 Å². The van der Waals surface area contributed by atoms with Gasteiger partial charge in [-0.05, 0) is 44.7 Å². The molecule has 1 fully saturated rings. The second-order valence-corrected chi connectivity index (χ2v) is 5.33. The van der Waals surface area contributed by atoms with Gasteiger partial charge in [-0.3, -0.25) is 4.98 Å². The predicted molar refractivity (Wildman–Crippen MR) is 66.6 cm³/mol. The zero-order valence-corrected chi connectivity index (χ0v) is 10.5. The number of piperidine rings is 1. The molecule has 2 heterocycles. The van der Waals surface area contributed by atoms with Crippen molar-refractivity contribution in [2.24, 2.45) is 5.92 Å². The summed E-state index contributed by atoms with van der Waals surface area (Å²) >= 11 is 1.66. The number of aromatic nitrogens is 1. The molecule has 1 saturated heterocycles. The molecule has 1 aliphatic rings. The second kappa shape index (κ2) is 6.99. The molecule has 1 aliphatic heterocycles. The van der Waals surface area contributed by atoms with Crippen LogP contribution in [-0.4, -0.2) is 24.7 Å². The third-order valence-electron chi connectivity index (χ3n) is 3.09. The standard InChI is InChI=1S/C12H20N2OS/c1(2-11-3-5-13-6-4-11)7-15-9-12-8-14-10-16-12/h8,10-11,13H,1-7,9H2. The van der Waals surface area contributed by atoms with E-state index >= 15 is 0 Å². The number of hydrogen-bond donors (Lipinski definition) is 1. The Kier molecular flexibility index (Phi) is 5.25. The first kappa shape index (κ1) is 12.0. The molecule has 3 nitrogen and oxygen atoms in total. The van der Waals surface area contributed by atoms with E-state index in [-0.39, 0.29) is 0 Å². The molecule has 1 aromatic rings. The summed E-state index contributed by atoms with van der Waals surface area (Å²) in [5.74, 6) is 0.924. The Labute approximate surface area is 101 Å². The summed E-state index contributed by atoms with van der Waals surface area (Å²) in [6, 6.07) is 0. The van der Waals surface area contributed by atoms with Gasteiger partial charge in [-0.2, -0.15) is 0 Å². The third-order valence-corrected chi connectivity index (χ3v) is 3.84. The zero-order chi connectivity index (χ0) is 11.1. The molecule has 1 N–H and O–H groups in total. The van der Waals surface area contributed by atoms with Crippen LogP contribution in [0.3, 0.4) is 0 Å². The van der Waals surface area contributed by atoms with Crippen molar-refractivity contribution in [1.29, 1.82) is 0 Å². The summed E-state index contributed by atoms with van der Waals surface area (Å²) in [7, 11) is 0. The molecule has 1 aromatic heterocycles. The van der Waals surface area contributed by atoms with Crippen LogP contribution in [0.1, 0.15) is 30.6 Å². The molecule has 0 radical (unpaired) electrons. The Bertz CT molecular complexity index is 271. The smallest absolute Gasteiger partial charge is 0.0825 e. The molecule has 0 spiro atoms. The zero-order valence-electron chi connectivity index (χ0n) is 9.65. The van der Waals surface area contributed by atoms with Crippen molar-refractivity contribution in [2.45, 2.75) is 32.3 Å². The summed E-state index contributed by atoms with van der Waals surface area (Å²) < 4.78 is 5.62. The van der Waals surface area contributed by atoms with Gasteiger partial charge in [0.2, 0.25) is 0 Å². The number of thiazole rings is 1. The fourth-order valence-electron chi connectivity index (χ4n) is 2.13. The van der Waals surface area contributed by atoms with Crippen molar-refractivity contribution in [1.82, 2.24) is 10.3 Å². The van der Waals surface area contributed by atoms with E-state index in [1.165, 1.54) is 43.6 Å². The number of hydrogen-bond acceptors (Lipinski definition) is 4. The van der Waals surface area contributed by atoms with Gasteiger partial charge in [-0.15, -0.1) is 11.3 Å². The lowest BCUT2D eigenvalue weighted by molar-refractivity contribution is 0.114. The van der Waals surface area contributed by atoms with E-state index in [0.29, 0.717) is 0 Å². The lowest BCUT2D eigenvalue weighted by Crippen LogP contribution is -2.27. The van der Waals surface area contributed by atoms with Crippen LogP contribution in [0.2, 0.25) is 0 Å². The highest BCUT2D eigenvalue weighted by atomic mass is 32.1. The van der Waals surface area contributed by atoms with Gasteiger partial charge in [0.25, 0.3) is 0 Å². The minimum atomic E-state index is 0.733. The average molecular weight is 240 g/mol.